The smallest absolute Gasteiger partial charge is 0.231 e. The topological polar surface area (TPSA) is 53.9 Å². The van der Waals surface area contributed by atoms with E-state index in [0.717, 1.165) is 11.0 Å². The molecule has 5 nitrogen and oxygen atoms in total. The van der Waals surface area contributed by atoms with Crippen molar-refractivity contribution in [3.8, 4) is 0 Å². The summed E-state index contributed by atoms with van der Waals surface area (Å²) in [5, 5.41) is 5.08. The second-order valence-corrected chi connectivity index (χ2v) is 5.81. The standard InChI is InChI=1S/C10H11BrClN5S/c1-13-9-14-8(12)15-10(16-9)17(2)4-7-3-6(11)5-18-7/h3,5H,4H2,1-2H3,(H,13,14,15,16). The first-order chi connectivity index (χ1) is 8.58. The lowest BCUT2D eigenvalue weighted by molar-refractivity contribution is 0.864. The predicted molar refractivity (Wildman–Crippen MR) is 78.5 cm³/mol. The molecule has 0 saturated carbocycles. The number of nitrogens with zero attached hydrogens (tertiary/aromatic N) is 4. The third-order valence-corrected chi connectivity index (χ3v) is 4.03. The molecule has 0 aliphatic heterocycles. The predicted octanol–water partition coefficient (Wildman–Crippen LogP) is 3.03. The molecule has 2 aromatic rings. The Morgan fingerprint density at radius 1 is 1.44 bits per heavy atom. The lowest BCUT2D eigenvalue weighted by atomic mass is 10.4. The summed E-state index contributed by atoms with van der Waals surface area (Å²) in [5.41, 5.74) is 0. The summed E-state index contributed by atoms with van der Waals surface area (Å²) in [6.45, 7) is 0.722. The molecule has 0 atom stereocenters. The average molecular weight is 349 g/mol. The molecule has 0 saturated heterocycles. The Morgan fingerprint density at radius 2 is 2.22 bits per heavy atom. The highest BCUT2D eigenvalue weighted by Crippen LogP contribution is 2.22. The number of aromatic nitrogens is 3. The molecule has 0 unspecified atom stereocenters. The van der Waals surface area contributed by atoms with E-state index < -0.39 is 0 Å². The van der Waals surface area contributed by atoms with Crippen molar-refractivity contribution in [1.29, 1.82) is 0 Å². The van der Waals surface area contributed by atoms with Gasteiger partial charge in [-0.1, -0.05) is 0 Å². The summed E-state index contributed by atoms with van der Waals surface area (Å²) < 4.78 is 1.08. The highest BCUT2D eigenvalue weighted by atomic mass is 79.9. The fourth-order valence-electron chi connectivity index (χ4n) is 1.36. The van der Waals surface area contributed by atoms with Crippen molar-refractivity contribution in [3.63, 3.8) is 0 Å². The Hall–Kier alpha value is -0.920. The molecule has 0 aliphatic carbocycles. The maximum absolute atomic E-state index is 5.85. The van der Waals surface area contributed by atoms with Gasteiger partial charge in [-0.05, 0) is 33.6 Å². The van der Waals surface area contributed by atoms with E-state index in [0.29, 0.717) is 11.9 Å². The van der Waals surface area contributed by atoms with Crippen LogP contribution in [0.4, 0.5) is 11.9 Å². The summed E-state index contributed by atoms with van der Waals surface area (Å²) in [6, 6.07) is 2.07. The van der Waals surface area contributed by atoms with Gasteiger partial charge in [-0.25, -0.2) is 0 Å². The summed E-state index contributed by atoms with van der Waals surface area (Å²) in [5.74, 6) is 1.01. The first kappa shape index (κ1) is 13.5. The lowest BCUT2D eigenvalue weighted by Crippen LogP contribution is -2.19. The molecule has 0 bridgehead atoms. The van der Waals surface area contributed by atoms with E-state index >= 15 is 0 Å². The third kappa shape index (κ3) is 3.30. The number of thiophene rings is 1. The quantitative estimate of drug-likeness (QED) is 0.920. The Kier molecular flexibility index (Phi) is 4.36. The van der Waals surface area contributed by atoms with Crippen LogP contribution in [-0.2, 0) is 6.54 Å². The van der Waals surface area contributed by atoms with Crippen LogP contribution in [0.5, 0.6) is 0 Å². The van der Waals surface area contributed by atoms with Crippen LogP contribution in [0.15, 0.2) is 15.9 Å². The lowest BCUT2D eigenvalue weighted by Gasteiger charge is -2.16. The summed E-state index contributed by atoms with van der Waals surface area (Å²) >= 11 is 11.0. The summed E-state index contributed by atoms with van der Waals surface area (Å²) in [7, 11) is 3.66. The van der Waals surface area contributed by atoms with Gasteiger partial charge in [0.2, 0.25) is 17.2 Å². The van der Waals surface area contributed by atoms with Gasteiger partial charge in [0.25, 0.3) is 0 Å². The number of halogens is 2. The van der Waals surface area contributed by atoms with E-state index in [1.807, 2.05) is 17.3 Å². The Bertz CT molecular complexity index is 547. The minimum Gasteiger partial charge on any atom is -0.357 e. The maximum atomic E-state index is 5.85. The normalized spacial score (nSPS) is 10.4. The minimum atomic E-state index is 0.184. The monoisotopic (exact) mass is 347 g/mol. The molecule has 2 aromatic heterocycles. The highest BCUT2D eigenvalue weighted by Gasteiger charge is 2.10. The van der Waals surface area contributed by atoms with Gasteiger partial charge < -0.3 is 10.2 Å². The molecule has 0 radical (unpaired) electrons. The average Bonchev–Trinajstić information content (AvgIpc) is 2.73. The van der Waals surface area contributed by atoms with Gasteiger partial charge in [0.1, 0.15) is 0 Å². The molecular formula is C10H11BrClN5S. The Balaban J connectivity index is 2.17. The van der Waals surface area contributed by atoms with Gasteiger partial charge in [-0.2, -0.15) is 15.0 Å². The van der Waals surface area contributed by atoms with Gasteiger partial charge in [-0.3, -0.25) is 0 Å². The van der Waals surface area contributed by atoms with Crippen molar-refractivity contribution >= 4 is 50.8 Å². The fraction of sp³-hybridized carbons (Fsp3) is 0.300. The van der Waals surface area contributed by atoms with Crippen molar-refractivity contribution in [2.45, 2.75) is 6.54 Å². The second-order valence-electron chi connectivity index (χ2n) is 3.57. The molecule has 0 spiro atoms. The SMILES string of the molecule is CNc1nc(Cl)nc(N(C)Cc2cc(Br)cs2)n1. The molecular weight excluding hydrogens is 338 g/mol. The molecule has 96 valence electrons. The Morgan fingerprint density at radius 3 is 2.83 bits per heavy atom. The van der Waals surface area contributed by atoms with Crippen molar-refractivity contribution in [2.75, 3.05) is 24.3 Å². The van der Waals surface area contributed by atoms with Gasteiger partial charge in [0, 0.05) is 28.8 Å². The molecule has 0 fully saturated rings. The third-order valence-electron chi connectivity index (χ3n) is 2.18. The van der Waals surface area contributed by atoms with Crippen LogP contribution < -0.4 is 10.2 Å². The summed E-state index contributed by atoms with van der Waals surface area (Å²) in [4.78, 5) is 15.4. The second kappa shape index (κ2) is 5.81. The molecule has 0 amide bonds. The van der Waals surface area contributed by atoms with Crippen LogP contribution in [-0.4, -0.2) is 29.0 Å². The Labute approximate surface area is 122 Å². The zero-order valence-electron chi connectivity index (χ0n) is 9.81. The van der Waals surface area contributed by atoms with Crippen molar-refractivity contribution in [2.24, 2.45) is 0 Å². The van der Waals surface area contributed by atoms with Gasteiger partial charge in [-0.15, -0.1) is 11.3 Å². The molecule has 8 heteroatoms. The first-order valence-corrected chi connectivity index (χ1v) is 7.17. The van der Waals surface area contributed by atoms with Gasteiger partial charge >= 0.3 is 0 Å². The highest BCUT2D eigenvalue weighted by molar-refractivity contribution is 9.10. The van der Waals surface area contributed by atoms with E-state index in [9.17, 15) is 0 Å². The van der Waals surface area contributed by atoms with Crippen LogP contribution >= 0.6 is 38.9 Å². The fourth-order valence-corrected chi connectivity index (χ4v) is 3.02. The number of nitrogens with one attached hydrogen (secondary N) is 1. The van der Waals surface area contributed by atoms with E-state index in [4.69, 9.17) is 11.6 Å². The van der Waals surface area contributed by atoms with Crippen molar-refractivity contribution in [1.82, 2.24) is 15.0 Å². The zero-order valence-corrected chi connectivity index (χ0v) is 13.0. The van der Waals surface area contributed by atoms with Crippen LogP contribution in [0.2, 0.25) is 5.28 Å². The molecule has 18 heavy (non-hydrogen) atoms. The van der Waals surface area contributed by atoms with Crippen molar-refractivity contribution in [3.05, 3.63) is 26.1 Å². The molecule has 0 aliphatic rings. The van der Waals surface area contributed by atoms with Crippen LogP contribution in [0.1, 0.15) is 4.88 Å². The van der Waals surface area contributed by atoms with Gasteiger partial charge in [0.05, 0.1) is 6.54 Å². The van der Waals surface area contributed by atoms with E-state index in [1.165, 1.54) is 4.88 Å². The molecule has 1 N–H and O–H groups in total. The van der Waals surface area contributed by atoms with E-state index in [-0.39, 0.29) is 5.28 Å². The number of anilines is 2. The van der Waals surface area contributed by atoms with E-state index in [2.05, 4.69) is 42.3 Å². The maximum Gasteiger partial charge on any atom is 0.231 e. The zero-order chi connectivity index (χ0) is 13.1. The number of hydrogen-bond donors (Lipinski definition) is 1. The summed E-state index contributed by atoms with van der Waals surface area (Å²) in [6.07, 6.45) is 0. The minimum absolute atomic E-state index is 0.184. The van der Waals surface area contributed by atoms with Crippen LogP contribution in [0.3, 0.4) is 0 Å². The number of hydrogen-bond acceptors (Lipinski definition) is 6. The van der Waals surface area contributed by atoms with E-state index in [1.54, 1.807) is 18.4 Å². The van der Waals surface area contributed by atoms with Crippen LogP contribution in [0.25, 0.3) is 0 Å². The van der Waals surface area contributed by atoms with Gasteiger partial charge in [0.15, 0.2) is 0 Å². The first-order valence-electron chi connectivity index (χ1n) is 5.12. The number of rotatable bonds is 4. The van der Waals surface area contributed by atoms with Crippen molar-refractivity contribution < 1.29 is 0 Å². The molecule has 0 aromatic carbocycles. The largest absolute Gasteiger partial charge is 0.357 e. The molecule has 2 rings (SSSR count). The van der Waals surface area contributed by atoms with Crippen LogP contribution in [0, 0.1) is 0 Å². The molecule has 2 heterocycles.